The van der Waals surface area contributed by atoms with Crippen LogP contribution in [-0.4, -0.2) is 35.7 Å². The van der Waals surface area contributed by atoms with Crippen LogP contribution in [0.5, 0.6) is 0 Å². The Morgan fingerprint density at radius 3 is 2.47 bits per heavy atom. The van der Waals surface area contributed by atoms with E-state index in [1.54, 1.807) is 0 Å². The molecule has 1 N–H and O–H groups in total. The molecule has 1 aliphatic heterocycles. The topological polar surface area (TPSA) is 66.5 Å². The standard InChI is InChI=1S/C12H18N2O3/c1-2-3-4-8-13-10(15)7-9-14-11(16)5-6-12(14)17/h5-6H,2-4,7-9H2,1H3,(H,13,15). The minimum Gasteiger partial charge on any atom is -0.356 e. The number of unbranched alkanes of at least 4 members (excludes halogenated alkanes) is 2. The summed E-state index contributed by atoms with van der Waals surface area (Å²) < 4.78 is 0. The number of rotatable bonds is 7. The first-order valence-electron chi connectivity index (χ1n) is 5.95. The van der Waals surface area contributed by atoms with Gasteiger partial charge >= 0.3 is 0 Å². The molecule has 0 saturated heterocycles. The average Bonchev–Trinajstić information content (AvgIpc) is 2.62. The average molecular weight is 238 g/mol. The van der Waals surface area contributed by atoms with E-state index in [2.05, 4.69) is 12.2 Å². The number of nitrogens with zero attached hydrogens (tertiary/aromatic N) is 1. The minimum atomic E-state index is -0.339. The number of hydrogen-bond acceptors (Lipinski definition) is 3. The predicted octanol–water partition coefficient (Wildman–Crippen LogP) is 0.608. The molecule has 94 valence electrons. The Bertz CT molecular complexity index is 319. The zero-order valence-electron chi connectivity index (χ0n) is 10.1. The van der Waals surface area contributed by atoms with Gasteiger partial charge in [-0.1, -0.05) is 19.8 Å². The molecule has 0 aromatic rings. The molecule has 0 aromatic heterocycles. The number of imide groups is 1. The van der Waals surface area contributed by atoms with Gasteiger partial charge in [-0.15, -0.1) is 0 Å². The number of carbonyl (C=O) groups is 3. The van der Waals surface area contributed by atoms with Gasteiger partial charge in [0.15, 0.2) is 0 Å². The summed E-state index contributed by atoms with van der Waals surface area (Å²) in [5.41, 5.74) is 0. The third-order valence-corrected chi connectivity index (χ3v) is 2.57. The van der Waals surface area contributed by atoms with Gasteiger partial charge in [0, 0.05) is 31.7 Å². The van der Waals surface area contributed by atoms with Crippen LogP contribution >= 0.6 is 0 Å². The van der Waals surface area contributed by atoms with Crippen LogP contribution in [0.1, 0.15) is 32.6 Å². The van der Waals surface area contributed by atoms with Gasteiger partial charge in [0.05, 0.1) is 0 Å². The van der Waals surface area contributed by atoms with Crippen molar-refractivity contribution in [3.8, 4) is 0 Å². The molecular weight excluding hydrogens is 220 g/mol. The number of carbonyl (C=O) groups excluding carboxylic acids is 3. The number of amides is 3. The van der Waals surface area contributed by atoms with Crippen molar-refractivity contribution in [2.75, 3.05) is 13.1 Å². The summed E-state index contributed by atoms with van der Waals surface area (Å²) in [7, 11) is 0. The molecule has 0 unspecified atom stereocenters. The van der Waals surface area contributed by atoms with E-state index in [1.807, 2.05) is 0 Å². The highest BCUT2D eigenvalue weighted by molar-refractivity contribution is 6.13. The van der Waals surface area contributed by atoms with E-state index in [0.29, 0.717) is 6.54 Å². The van der Waals surface area contributed by atoms with E-state index in [0.717, 1.165) is 24.2 Å². The van der Waals surface area contributed by atoms with E-state index in [9.17, 15) is 14.4 Å². The van der Waals surface area contributed by atoms with E-state index in [1.165, 1.54) is 12.2 Å². The van der Waals surface area contributed by atoms with Crippen LogP contribution in [-0.2, 0) is 14.4 Å². The SMILES string of the molecule is CCCCCNC(=O)CCN1C(=O)C=CC1=O. The highest BCUT2D eigenvalue weighted by Crippen LogP contribution is 2.03. The van der Waals surface area contributed by atoms with Gasteiger partial charge in [0.25, 0.3) is 11.8 Å². The van der Waals surface area contributed by atoms with Gasteiger partial charge in [-0.3, -0.25) is 19.3 Å². The molecule has 5 nitrogen and oxygen atoms in total. The maximum absolute atomic E-state index is 11.4. The lowest BCUT2D eigenvalue weighted by Gasteiger charge is -2.13. The first-order chi connectivity index (χ1) is 8.15. The second-order valence-corrected chi connectivity index (χ2v) is 3.97. The zero-order chi connectivity index (χ0) is 12.7. The van der Waals surface area contributed by atoms with Gasteiger partial charge in [-0.2, -0.15) is 0 Å². The van der Waals surface area contributed by atoms with Crippen molar-refractivity contribution in [3.63, 3.8) is 0 Å². The van der Waals surface area contributed by atoms with Crippen molar-refractivity contribution in [3.05, 3.63) is 12.2 Å². The molecular formula is C12H18N2O3. The van der Waals surface area contributed by atoms with Crippen molar-refractivity contribution in [1.29, 1.82) is 0 Å². The predicted molar refractivity (Wildman–Crippen MR) is 63.0 cm³/mol. The fourth-order valence-corrected chi connectivity index (χ4v) is 1.56. The summed E-state index contributed by atoms with van der Waals surface area (Å²) in [5.74, 6) is -0.795. The molecule has 0 radical (unpaired) electrons. The van der Waals surface area contributed by atoms with Gasteiger partial charge in [-0.25, -0.2) is 0 Å². The van der Waals surface area contributed by atoms with E-state index in [-0.39, 0.29) is 30.7 Å². The molecule has 1 aliphatic rings. The molecule has 0 saturated carbocycles. The lowest BCUT2D eigenvalue weighted by molar-refractivity contribution is -0.137. The second kappa shape index (κ2) is 6.83. The molecule has 17 heavy (non-hydrogen) atoms. The summed E-state index contributed by atoms with van der Waals surface area (Å²) in [5, 5.41) is 2.76. The molecule has 0 aliphatic carbocycles. The van der Waals surface area contributed by atoms with Crippen LogP contribution in [0.25, 0.3) is 0 Å². The zero-order valence-corrected chi connectivity index (χ0v) is 10.1. The summed E-state index contributed by atoms with van der Waals surface area (Å²) in [6.45, 7) is 2.91. The van der Waals surface area contributed by atoms with E-state index in [4.69, 9.17) is 0 Å². The van der Waals surface area contributed by atoms with Crippen molar-refractivity contribution < 1.29 is 14.4 Å². The van der Waals surface area contributed by atoms with Crippen molar-refractivity contribution >= 4 is 17.7 Å². The van der Waals surface area contributed by atoms with Gasteiger partial charge < -0.3 is 5.32 Å². The molecule has 0 atom stereocenters. The summed E-state index contributed by atoms with van der Waals surface area (Å²) >= 11 is 0. The fourth-order valence-electron chi connectivity index (χ4n) is 1.56. The fraction of sp³-hybridized carbons (Fsp3) is 0.583. The van der Waals surface area contributed by atoms with Crippen LogP contribution in [0.3, 0.4) is 0 Å². The van der Waals surface area contributed by atoms with E-state index < -0.39 is 0 Å². The van der Waals surface area contributed by atoms with Crippen LogP contribution in [0.2, 0.25) is 0 Å². The maximum atomic E-state index is 11.4. The van der Waals surface area contributed by atoms with Crippen molar-refractivity contribution in [2.45, 2.75) is 32.6 Å². The Kier molecular flexibility index (Phi) is 5.39. The van der Waals surface area contributed by atoms with Gasteiger partial charge in [0.2, 0.25) is 5.91 Å². The Morgan fingerprint density at radius 1 is 1.24 bits per heavy atom. The Labute approximate surface area is 101 Å². The first kappa shape index (κ1) is 13.4. The lowest BCUT2D eigenvalue weighted by atomic mass is 10.2. The third-order valence-electron chi connectivity index (χ3n) is 2.57. The van der Waals surface area contributed by atoms with Crippen LogP contribution < -0.4 is 5.32 Å². The quantitative estimate of drug-likeness (QED) is 0.522. The van der Waals surface area contributed by atoms with Crippen LogP contribution in [0.15, 0.2) is 12.2 Å². The van der Waals surface area contributed by atoms with Gasteiger partial charge in [-0.05, 0) is 6.42 Å². The molecule has 0 spiro atoms. The largest absolute Gasteiger partial charge is 0.356 e. The normalized spacial score (nSPS) is 14.5. The summed E-state index contributed by atoms with van der Waals surface area (Å²) in [4.78, 5) is 34.8. The summed E-state index contributed by atoms with van der Waals surface area (Å²) in [6.07, 6.45) is 5.78. The van der Waals surface area contributed by atoms with Gasteiger partial charge in [0.1, 0.15) is 0 Å². The Balaban J connectivity index is 2.16. The van der Waals surface area contributed by atoms with Crippen LogP contribution in [0.4, 0.5) is 0 Å². The maximum Gasteiger partial charge on any atom is 0.253 e. The Hall–Kier alpha value is -1.65. The highest BCUT2D eigenvalue weighted by atomic mass is 16.2. The molecule has 0 fully saturated rings. The molecule has 1 heterocycles. The minimum absolute atomic E-state index is 0.117. The second-order valence-electron chi connectivity index (χ2n) is 3.97. The monoisotopic (exact) mass is 238 g/mol. The molecule has 1 rings (SSSR count). The summed E-state index contributed by atoms with van der Waals surface area (Å²) in [6, 6.07) is 0. The van der Waals surface area contributed by atoms with Crippen molar-refractivity contribution in [2.24, 2.45) is 0 Å². The van der Waals surface area contributed by atoms with E-state index >= 15 is 0 Å². The highest BCUT2D eigenvalue weighted by Gasteiger charge is 2.23. The molecule has 5 heteroatoms. The molecule has 0 aromatic carbocycles. The first-order valence-corrected chi connectivity index (χ1v) is 5.95. The number of nitrogens with one attached hydrogen (secondary N) is 1. The van der Waals surface area contributed by atoms with Crippen molar-refractivity contribution in [1.82, 2.24) is 10.2 Å². The third kappa shape index (κ3) is 4.38. The lowest BCUT2D eigenvalue weighted by Crippen LogP contribution is -2.34. The Morgan fingerprint density at radius 2 is 1.88 bits per heavy atom. The molecule has 0 bridgehead atoms. The smallest absolute Gasteiger partial charge is 0.253 e. The number of hydrogen-bond donors (Lipinski definition) is 1. The van der Waals surface area contributed by atoms with Crippen LogP contribution in [0, 0.1) is 0 Å². The molecule has 3 amide bonds.